The van der Waals surface area contributed by atoms with Gasteiger partial charge in [0.15, 0.2) is 0 Å². The maximum Gasteiger partial charge on any atom is 0.119 e. The van der Waals surface area contributed by atoms with E-state index >= 15 is 0 Å². The summed E-state index contributed by atoms with van der Waals surface area (Å²) in [6.07, 6.45) is 1.75. The normalized spacial score (nSPS) is 28.9. The Hall–Kier alpha value is -1.02. The Bertz CT molecular complexity index is 365. The minimum atomic E-state index is -0.622. The van der Waals surface area contributed by atoms with E-state index in [-0.39, 0.29) is 0 Å². The van der Waals surface area contributed by atoms with Crippen LogP contribution in [0.1, 0.15) is 32.3 Å². The Kier molecular flexibility index (Phi) is 2.94. The molecule has 0 aromatic heterocycles. The molecule has 88 valence electrons. The van der Waals surface area contributed by atoms with Gasteiger partial charge in [-0.3, -0.25) is 0 Å². The van der Waals surface area contributed by atoms with Crippen LogP contribution in [0.2, 0.25) is 0 Å². The quantitative estimate of drug-likeness (QED) is 0.848. The highest BCUT2D eigenvalue weighted by Gasteiger charge is 2.44. The van der Waals surface area contributed by atoms with Gasteiger partial charge < -0.3 is 9.84 Å². The third kappa shape index (κ3) is 1.94. The number of methoxy groups -OCH3 is 1. The number of hydrogen-bond acceptors (Lipinski definition) is 2. The van der Waals surface area contributed by atoms with Crippen LogP contribution in [0.3, 0.4) is 0 Å². The number of benzene rings is 1. The summed E-state index contributed by atoms with van der Waals surface area (Å²) < 4.78 is 5.18. The smallest absolute Gasteiger partial charge is 0.119 e. The first-order chi connectivity index (χ1) is 7.55. The molecule has 0 saturated heterocycles. The van der Waals surface area contributed by atoms with E-state index in [1.165, 1.54) is 0 Å². The lowest BCUT2D eigenvalue weighted by Crippen LogP contribution is -2.43. The Labute approximate surface area is 97.3 Å². The highest BCUT2D eigenvalue weighted by Crippen LogP contribution is 2.49. The topological polar surface area (TPSA) is 29.5 Å². The summed E-state index contributed by atoms with van der Waals surface area (Å²) >= 11 is 0. The van der Waals surface area contributed by atoms with Crippen molar-refractivity contribution in [3.8, 4) is 5.75 Å². The van der Waals surface area contributed by atoms with Gasteiger partial charge in [0.2, 0.25) is 0 Å². The molecule has 0 aliphatic heterocycles. The number of ether oxygens (including phenoxy) is 1. The predicted molar refractivity (Wildman–Crippen MR) is 64.5 cm³/mol. The summed E-state index contributed by atoms with van der Waals surface area (Å²) in [5.74, 6) is 2.13. The van der Waals surface area contributed by atoms with Crippen molar-refractivity contribution >= 4 is 0 Å². The molecule has 1 fully saturated rings. The lowest BCUT2D eigenvalue weighted by atomic mass is 9.63. The van der Waals surface area contributed by atoms with Gasteiger partial charge in [-0.25, -0.2) is 0 Å². The van der Waals surface area contributed by atoms with Crippen molar-refractivity contribution in [2.45, 2.75) is 32.3 Å². The standard InChI is InChI=1S/C14H20O2/c1-10(2)11-8-14(15,9-11)12-5-4-6-13(7-12)16-3/h4-7,10-11,15H,8-9H2,1-3H3. The molecule has 0 radical (unpaired) electrons. The second-order valence-electron chi connectivity index (χ2n) is 5.18. The van der Waals surface area contributed by atoms with Crippen LogP contribution in [0.25, 0.3) is 0 Å². The SMILES string of the molecule is COc1cccc(C2(O)CC(C(C)C)C2)c1. The molecule has 1 aromatic rings. The Morgan fingerprint density at radius 2 is 2.06 bits per heavy atom. The van der Waals surface area contributed by atoms with Crippen LogP contribution < -0.4 is 4.74 Å². The average Bonchev–Trinajstić information content (AvgIpc) is 2.24. The first-order valence-electron chi connectivity index (χ1n) is 5.92. The zero-order chi connectivity index (χ0) is 11.8. The molecule has 2 rings (SSSR count). The minimum absolute atomic E-state index is 0.622. The summed E-state index contributed by atoms with van der Waals surface area (Å²) in [6.45, 7) is 4.44. The van der Waals surface area contributed by atoms with Gasteiger partial charge in [-0.2, -0.15) is 0 Å². The molecule has 1 saturated carbocycles. The fourth-order valence-electron chi connectivity index (χ4n) is 2.43. The van der Waals surface area contributed by atoms with Crippen LogP contribution in [0.4, 0.5) is 0 Å². The molecule has 0 atom stereocenters. The van der Waals surface area contributed by atoms with Gasteiger partial charge in [0, 0.05) is 0 Å². The number of rotatable bonds is 3. The van der Waals surface area contributed by atoms with E-state index in [4.69, 9.17) is 4.74 Å². The van der Waals surface area contributed by atoms with E-state index < -0.39 is 5.60 Å². The van der Waals surface area contributed by atoms with Gasteiger partial charge in [-0.05, 0) is 42.4 Å². The van der Waals surface area contributed by atoms with Crippen LogP contribution in [0.15, 0.2) is 24.3 Å². The maximum absolute atomic E-state index is 10.5. The maximum atomic E-state index is 10.5. The molecule has 0 heterocycles. The molecular formula is C14H20O2. The summed E-state index contributed by atoms with van der Waals surface area (Å²) in [7, 11) is 1.65. The molecule has 16 heavy (non-hydrogen) atoms. The zero-order valence-electron chi connectivity index (χ0n) is 10.2. The molecule has 0 amide bonds. The van der Waals surface area contributed by atoms with Gasteiger partial charge in [-0.1, -0.05) is 26.0 Å². The summed E-state index contributed by atoms with van der Waals surface area (Å²) in [6, 6.07) is 7.77. The molecule has 2 nitrogen and oxygen atoms in total. The van der Waals surface area contributed by atoms with Crippen LogP contribution in [0.5, 0.6) is 5.75 Å². The van der Waals surface area contributed by atoms with Crippen molar-refractivity contribution in [2.24, 2.45) is 11.8 Å². The Morgan fingerprint density at radius 1 is 1.38 bits per heavy atom. The van der Waals surface area contributed by atoms with Crippen LogP contribution in [0, 0.1) is 11.8 Å². The second kappa shape index (κ2) is 4.10. The van der Waals surface area contributed by atoms with Crippen molar-refractivity contribution in [1.29, 1.82) is 0 Å². The number of aliphatic hydroxyl groups is 1. The molecule has 1 N–H and O–H groups in total. The molecule has 0 unspecified atom stereocenters. The molecule has 1 aliphatic rings. The van der Waals surface area contributed by atoms with Crippen molar-refractivity contribution in [2.75, 3.05) is 7.11 Å². The van der Waals surface area contributed by atoms with Gasteiger partial charge in [0.1, 0.15) is 5.75 Å². The van der Waals surface area contributed by atoms with Crippen molar-refractivity contribution in [3.05, 3.63) is 29.8 Å². The predicted octanol–water partition coefficient (Wildman–Crippen LogP) is 2.95. The fourth-order valence-corrected chi connectivity index (χ4v) is 2.43. The number of hydrogen-bond donors (Lipinski definition) is 1. The van der Waals surface area contributed by atoms with Crippen LogP contribution in [-0.2, 0) is 5.60 Å². The van der Waals surface area contributed by atoms with Gasteiger partial charge in [-0.15, -0.1) is 0 Å². The fraction of sp³-hybridized carbons (Fsp3) is 0.571. The molecule has 0 spiro atoms. The van der Waals surface area contributed by atoms with E-state index in [1.807, 2.05) is 24.3 Å². The van der Waals surface area contributed by atoms with Gasteiger partial charge in [0.25, 0.3) is 0 Å². The van der Waals surface area contributed by atoms with Crippen molar-refractivity contribution in [1.82, 2.24) is 0 Å². The first kappa shape index (κ1) is 11.5. The summed E-state index contributed by atoms with van der Waals surface area (Å²) in [4.78, 5) is 0. The largest absolute Gasteiger partial charge is 0.497 e. The van der Waals surface area contributed by atoms with E-state index in [2.05, 4.69) is 13.8 Å². The second-order valence-corrected chi connectivity index (χ2v) is 5.18. The highest BCUT2D eigenvalue weighted by molar-refractivity contribution is 5.33. The first-order valence-corrected chi connectivity index (χ1v) is 5.92. The Balaban J connectivity index is 2.13. The summed E-state index contributed by atoms with van der Waals surface area (Å²) in [5, 5.41) is 10.5. The van der Waals surface area contributed by atoms with Crippen molar-refractivity contribution in [3.63, 3.8) is 0 Å². The van der Waals surface area contributed by atoms with Gasteiger partial charge in [0.05, 0.1) is 12.7 Å². The lowest BCUT2D eigenvalue weighted by Gasteiger charge is -2.46. The monoisotopic (exact) mass is 220 g/mol. The lowest BCUT2D eigenvalue weighted by molar-refractivity contribution is -0.0934. The molecule has 2 heteroatoms. The molecule has 1 aliphatic carbocycles. The van der Waals surface area contributed by atoms with E-state index in [0.29, 0.717) is 11.8 Å². The van der Waals surface area contributed by atoms with Crippen LogP contribution >= 0.6 is 0 Å². The minimum Gasteiger partial charge on any atom is -0.497 e. The average molecular weight is 220 g/mol. The molecular weight excluding hydrogens is 200 g/mol. The third-order valence-corrected chi connectivity index (χ3v) is 3.75. The van der Waals surface area contributed by atoms with E-state index in [9.17, 15) is 5.11 Å². The van der Waals surface area contributed by atoms with E-state index in [1.54, 1.807) is 7.11 Å². The van der Waals surface area contributed by atoms with E-state index in [0.717, 1.165) is 24.2 Å². The zero-order valence-corrected chi connectivity index (χ0v) is 10.2. The van der Waals surface area contributed by atoms with Crippen molar-refractivity contribution < 1.29 is 9.84 Å². The molecule has 1 aromatic carbocycles. The van der Waals surface area contributed by atoms with Crippen LogP contribution in [-0.4, -0.2) is 12.2 Å². The van der Waals surface area contributed by atoms with Gasteiger partial charge >= 0.3 is 0 Å². The highest BCUT2D eigenvalue weighted by atomic mass is 16.5. The summed E-state index contributed by atoms with van der Waals surface area (Å²) in [5.41, 5.74) is 0.368. The Morgan fingerprint density at radius 3 is 2.62 bits per heavy atom. The third-order valence-electron chi connectivity index (χ3n) is 3.75. The molecule has 0 bridgehead atoms.